The third-order valence-electron chi connectivity index (χ3n) is 3.52. The predicted molar refractivity (Wildman–Crippen MR) is 69.6 cm³/mol. The number of carboxylic acids is 1. The van der Waals surface area contributed by atoms with Crippen molar-refractivity contribution in [3.05, 3.63) is 0 Å². The molecule has 0 aromatic heterocycles. The van der Waals surface area contributed by atoms with Gasteiger partial charge in [-0.15, -0.1) is 0 Å². The van der Waals surface area contributed by atoms with E-state index >= 15 is 0 Å². The molecule has 0 spiro atoms. The summed E-state index contributed by atoms with van der Waals surface area (Å²) in [5.74, 6) is -4.33. The maximum atomic E-state index is 11.3. The highest BCUT2D eigenvalue weighted by Gasteiger charge is 2.55. The Morgan fingerprint density at radius 2 is 2.05 bits per heavy atom. The molecule has 22 heavy (non-hydrogen) atoms. The number of carbonyl (C=O) groups excluding carboxylic acids is 1. The van der Waals surface area contributed by atoms with Crippen molar-refractivity contribution in [3.8, 4) is 0 Å². The Morgan fingerprint density at radius 3 is 2.45 bits per heavy atom. The molecule has 1 amide bonds. The molecule has 1 saturated heterocycles. The van der Waals surface area contributed by atoms with E-state index in [2.05, 4.69) is 5.32 Å². The second-order valence-corrected chi connectivity index (χ2v) is 5.08. The van der Waals surface area contributed by atoms with Gasteiger partial charge in [-0.05, 0) is 0 Å². The normalized spacial score (nSPS) is 34.7. The Labute approximate surface area is 126 Å². The van der Waals surface area contributed by atoms with Crippen LogP contribution in [-0.4, -0.2) is 87.4 Å². The number of carboxylic acid groups (broad SMARTS) is 1. The zero-order chi connectivity index (χ0) is 17.1. The number of nitrogens with one attached hydrogen (secondary N) is 1. The highest BCUT2D eigenvalue weighted by Crippen LogP contribution is 2.32. The van der Waals surface area contributed by atoms with E-state index in [9.17, 15) is 30.0 Å². The lowest BCUT2D eigenvalue weighted by Crippen LogP contribution is -2.67. The van der Waals surface area contributed by atoms with E-state index in [1.807, 2.05) is 0 Å². The zero-order valence-corrected chi connectivity index (χ0v) is 12.2. The van der Waals surface area contributed by atoms with Crippen LogP contribution in [-0.2, 0) is 19.1 Å². The van der Waals surface area contributed by atoms with Gasteiger partial charge in [0.1, 0.15) is 18.3 Å². The number of hydrogen-bond acceptors (Lipinski definition) is 8. The summed E-state index contributed by atoms with van der Waals surface area (Å²) in [6, 6.07) is -1.18. The fourth-order valence-electron chi connectivity index (χ4n) is 2.34. The molecule has 0 radical (unpaired) electrons. The van der Waals surface area contributed by atoms with E-state index in [4.69, 9.17) is 14.6 Å². The summed E-state index contributed by atoms with van der Waals surface area (Å²) in [5.41, 5.74) is 0. The third-order valence-corrected chi connectivity index (χ3v) is 3.52. The Balaban J connectivity index is 3.14. The number of ether oxygens (including phenoxy) is 2. The van der Waals surface area contributed by atoms with Gasteiger partial charge in [-0.1, -0.05) is 0 Å². The Morgan fingerprint density at radius 1 is 1.45 bits per heavy atom. The lowest BCUT2D eigenvalue weighted by Gasteiger charge is -2.46. The van der Waals surface area contributed by atoms with E-state index in [1.165, 1.54) is 0 Å². The summed E-state index contributed by atoms with van der Waals surface area (Å²) < 4.78 is 10.0. The quantitative estimate of drug-likeness (QED) is 0.295. The van der Waals surface area contributed by atoms with Crippen LogP contribution < -0.4 is 5.32 Å². The molecule has 1 heterocycles. The van der Waals surface area contributed by atoms with Crippen LogP contribution in [0, 0.1) is 0 Å². The van der Waals surface area contributed by atoms with Crippen LogP contribution in [0.3, 0.4) is 0 Å². The molecule has 1 aliphatic rings. The maximum Gasteiger partial charge on any atom is 0.364 e. The van der Waals surface area contributed by atoms with Gasteiger partial charge in [-0.25, -0.2) is 4.79 Å². The van der Waals surface area contributed by atoms with Crippen molar-refractivity contribution >= 4 is 11.9 Å². The molecule has 6 atom stereocenters. The van der Waals surface area contributed by atoms with Crippen LogP contribution in [0.4, 0.5) is 0 Å². The Kier molecular flexibility index (Phi) is 6.23. The van der Waals surface area contributed by atoms with Gasteiger partial charge in [-0.3, -0.25) is 4.79 Å². The van der Waals surface area contributed by atoms with E-state index in [-0.39, 0.29) is 0 Å². The van der Waals surface area contributed by atoms with Crippen LogP contribution in [0.15, 0.2) is 0 Å². The Hall–Kier alpha value is -1.30. The van der Waals surface area contributed by atoms with E-state index < -0.39 is 61.1 Å². The van der Waals surface area contributed by atoms with Crippen molar-refractivity contribution in [2.24, 2.45) is 0 Å². The minimum Gasteiger partial charge on any atom is -0.477 e. The fourth-order valence-corrected chi connectivity index (χ4v) is 2.34. The van der Waals surface area contributed by atoms with Gasteiger partial charge in [0.25, 0.3) is 5.79 Å². The maximum absolute atomic E-state index is 11.3. The molecular weight excluding hydrogens is 302 g/mol. The molecule has 0 unspecified atom stereocenters. The lowest BCUT2D eigenvalue weighted by molar-refractivity contribution is -0.303. The minimum atomic E-state index is -2.24. The topological polar surface area (TPSA) is 166 Å². The van der Waals surface area contributed by atoms with E-state index in [0.717, 1.165) is 14.0 Å². The first-order valence-corrected chi connectivity index (χ1v) is 6.57. The number of aliphatic hydroxyl groups is 4. The Bertz CT molecular complexity index is 417. The van der Waals surface area contributed by atoms with E-state index in [1.54, 1.807) is 0 Å². The molecule has 1 fully saturated rings. The summed E-state index contributed by atoms with van der Waals surface area (Å²) in [7, 11) is 1.05. The molecular formula is C12H21NO9. The largest absolute Gasteiger partial charge is 0.477 e. The molecule has 0 aliphatic carbocycles. The zero-order valence-electron chi connectivity index (χ0n) is 12.2. The second kappa shape index (κ2) is 7.31. The van der Waals surface area contributed by atoms with Gasteiger partial charge in [0, 0.05) is 20.5 Å². The highest BCUT2D eigenvalue weighted by atomic mass is 16.7. The number of methoxy groups -OCH3 is 1. The molecule has 0 saturated carbocycles. The second-order valence-electron chi connectivity index (χ2n) is 5.08. The molecule has 10 heteroatoms. The van der Waals surface area contributed by atoms with Crippen LogP contribution in [0.2, 0.25) is 0 Å². The first-order chi connectivity index (χ1) is 10.2. The molecule has 0 bridgehead atoms. The predicted octanol–water partition coefficient (Wildman–Crippen LogP) is -3.22. The van der Waals surface area contributed by atoms with Gasteiger partial charge in [0.15, 0.2) is 0 Å². The smallest absolute Gasteiger partial charge is 0.364 e. The summed E-state index contributed by atoms with van der Waals surface area (Å²) in [6.07, 6.45) is -6.84. The third kappa shape index (κ3) is 3.72. The first kappa shape index (κ1) is 18.7. The van der Waals surface area contributed by atoms with Crippen LogP contribution >= 0.6 is 0 Å². The molecule has 10 nitrogen and oxygen atoms in total. The highest BCUT2D eigenvalue weighted by molar-refractivity contribution is 5.76. The van der Waals surface area contributed by atoms with Crippen molar-refractivity contribution in [2.45, 2.75) is 49.6 Å². The molecule has 6 N–H and O–H groups in total. The van der Waals surface area contributed by atoms with Gasteiger partial charge in [0.2, 0.25) is 5.91 Å². The van der Waals surface area contributed by atoms with Crippen LogP contribution in [0.25, 0.3) is 0 Å². The number of rotatable bonds is 6. The van der Waals surface area contributed by atoms with Crippen molar-refractivity contribution in [1.29, 1.82) is 0 Å². The van der Waals surface area contributed by atoms with Gasteiger partial charge in [-0.2, -0.15) is 0 Å². The van der Waals surface area contributed by atoms with Crippen molar-refractivity contribution in [1.82, 2.24) is 5.32 Å². The fraction of sp³-hybridized carbons (Fsp3) is 0.833. The molecule has 1 rings (SSSR count). The number of carbonyl (C=O) groups is 2. The average Bonchev–Trinajstić information content (AvgIpc) is 2.46. The molecule has 0 aromatic rings. The van der Waals surface area contributed by atoms with Crippen molar-refractivity contribution in [2.75, 3.05) is 13.7 Å². The number of aliphatic hydroxyl groups excluding tert-OH is 4. The van der Waals surface area contributed by atoms with Gasteiger partial charge >= 0.3 is 5.97 Å². The number of aliphatic carboxylic acids is 1. The van der Waals surface area contributed by atoms with Gasteiger partial charge in [0.05, 0.1) is 18.8 Å². The molecule has 128 valence electrons. The average molecular weight is 323 g/mol. The summed E-state index contributed by atoms with van der Waals surface area (Å²) in [5, 5.41) is 50.1. The number of hydrogen-bond donors (Lipinski definition) is 6. The summed E-state index contributed by atoms with van der Waals surface area (Å²) in [4.78, 5) is 22.6. The monoisotopic (exact) mass is 323 g/mol. The van der Waals surface area contributed by atoms with Crippen molar-refractivity contribution < 1.29 is 44.6 Å². The summed E-state index contributed by atoms with van der Waals surface area (Å²) in [6.45, 7) is 0.338. The molecule has 0 aromatic carbocycles. The number of amides is 1. The SMILES string of the molecule is CO[C@]1(C(=O)O)C[C@H](O)[C@@H](NC(C)=O)[C@H]([C@@H](O)[C@H](O)CO)O1. The molecule has 1 aliphatic heterocycles. The van der Waals surface area contributed by atoms with Crippen LogP contribution in [0.1, 0.15) is 13.3 Å². The first-order valence-electron chi connectivity index (χ1n) is 6.57. The van der Waals surface area contributed by atoms with Crippen LogP contribution in [0.5, 0.6) is 0 Å². The van der Waals surface area contributed by atoms with Gasteiger partial charge < -0.3 is 40.3 Å². The van der Waals surface area contributed by atoms with E-state index in [0.29, 0.717) is 0 Å². The lowest BCUT2D eigenvalue weighted by atomic mass is 9.88. The standard InChI is InChI=1S/C12H21NO9/c1-5(15)13-8-6(16)3-12(21-2,11(19)20)22-10(8)9(18)7(17)4-14/h6-10,14,16-18H,3-4H2,1-2H3,(H,13,15)(H,19,20)/t6-,7+,8+,9-,10+,12+/m0/s1. The summed E-state index contributed by atoms with van der Waals surface area (Å²) >= 11 is 0. The van der Waals surface area contributed by atoms with Crippen molar-refractivity contribution in [3.63, 3.8) is 0 Å². The minimum absolute atomic E-state index is 0.498.